The van der Waals surface area contributed by atoms with Crippen LogP contribution in [0, 0.1) is 12.3 Å². The van der Waals surface area contributed by atoms with Crippen LogP contribution in [0.2, 0.25) is 0 Å². The second kappa shape index (κ2) is 2.93. The monoisotopic (exact) mass is 205 g/mol. The molecular formula is C12H15NS. The molecule has 2 heteroatoms. The van der Waals surface area contributed by atoms with E-state index in [4.69, 9.17) is 0 Å². The number of nitrogens with one attached hydrogen (secondary N) is 1. The van der Waals surface area contributed by atoms with Crippen molar-refractivity contribution in [3.05, 3.63) is 23.8 Å². The normalized spacial score (nSPS) is 22.4. The SMILES string of the molecule is Cc1cccc2c1SCC1(CC1)CN2. The fraction of sp³-hybridized carbons (Fsp3) is 0.500. The van der Waals surface area contributed by atoms with Crippen LogP contribution in [-0.2, 0) is 0 Å². The number of rotatable bonds is 0. The van der Waals surface area contributed by atoms with Crippen LogP contribution < -0.4 is 5.32 Å². The molecule has 0 bridgehead atoms. The fourth-order valence-electron chi connectivity index (χ4n) is 2.04. The van der Waals surface area contributed by atoms with E-state index in [-0.39, 0.29) is 0 Å². The Labute approximate surface area is 89.3 Å². The van der Waals surface area contributed by atoms with Crippen molar-refractivity contribution in [2.24, 2.45) is 5.41 Å². The van der Waals surface area contributed by atoms with Crippen molar-refractivity contribution in [2.45, 2.75) is 24.7 Å². The fourth-order valence-corrected chi connectivity index (χ4v) is 3.47. The Kier molecular flexibility index (Phi) is 1.81. The summed E-state index contributed by atoms with van der Waals surface area (Å²) in [6, 6.07) is 6.56. The summed E-state index contributed by atoms with van der Waals surface area (Å²) in [5.41, 5.74) is 3.40. The molecule has 14 heavy (non-hydrogen) atoms. The molecule has 74 valence electrons. The van der Waals surface area contributed by atoms with Crippen molar-refractivity contribution < 1.29 is 0 Å². The van der Waals surface area contributed by atoms with Crippen LogP contribution >= 0.6 is 11.8 Å². The highest BCUT2D eigenvalue weighted by atomic mass is 32.2. The molecule has 1 N–H and O–H groups in total. The number of fused-ring (bicyclic) bond motifs is 1. The largest absolute Gasteiger partial charge is 0.384 e. The van der Waals surface area contributed by atoms with Gasteiger partial charge in [0.05, 0.1) is 0 Å². The molecule has 0 atom stereocenters. The lowest BCUT2D eigenvalue weighted by molar-refractivity contribution is 0.626. The van der Waals surface area contributed by atoms with E-state index in [1.54, 1.807) is 0 Å². The summed E-state index contributed by atoms with van der Waals surface area (Å²) in [5, 5.41) is 3.60. The van der Waals surface area contributed by atoms with Gasteiger partial charge in [-0.2, -0.15) is 0 Å². The van der Waals surface area contributed by atoms with Crippen molar-refractivity contribution in [2.75, 3.05) is 17.6 Å². The van der Waals surface area contributed by atoms with Gasteiger partial charge < -0.3 is 5.32 Å². The lowest BCUT2D eigenvalue weighted by atomic mass is 10.1. The average Bonchev–Trinajstić information content (AvgIpc) is 2.96. The summed E-state index contributed by atoms with van der Waals surface area (Å²) in [5.74, 6) is 1.30. The first-order valence-corrected chi connectivity index (χ1v) is 6.24. The van der Waals surface area contributed by atoms with E-state index in [1.165, 1.54) is 41.3 Å². The molecule has 0 radical (unpaired) electrons. The number of hydrogen-bond acceptors (Lipinski definition) is 2. The first-order valence-electron chi connectivity index (χ1n) is 5.25. The quantitative estimate of drug-likeness (QED) is 0.697. The maximum Gasteiger partial charge on any atom is 0.0481 e. The van der Waals surface area contributed by atoms with Crippen LogP contribution in [0.15, 0.2) is 23.1 Å². The molecule has 1 aliphatic carbocycles. The highest BCUT2D eigenvalue weighted by Crippen LogP contribution is 2.52. The molecule has 1 spiro atoms. The van der Waals surface area contributed by atoms with Gasteiger partial charge in [-0.15, -0.1) is 11.8 Å². The van der Waals surface area contributed by atoms with Crippen LogP contribution in [0.3, 0.4) is 0 Å². The molecule has 0 amide bonds. The Morgan fingerprint density at radius 2 is 2.21 bits per heavy atom. The minimum Gasteiger partial charge on any atom is -0.384 e. The summed E-state index contributed by atoms with van der Waals surface area (Å²) in [7, 11) is 0. The Morgan fingerprint density at radius 3 is 3.00 bits per heavy atom. The topological polar surface area (TPSA) is 12.0 Å². The highest BCUT2D eigenvalue weighted by molar-refractivity contribution is 7.99. The lowest BCUT2D eigenvalue weighted by Gasteiger charge is -2.10. The van der Waals surface area contributed by atoms with Crippen LogP contribution in [0.1, 0.15) is 18.4 Å². The van der Waals surface area contributed by atoms with E-state index >= 15 is 0 Å². The second-order valence-corrected chi connectivity index (χ2v) is 5.58. The van der Waals surface area contributed by atoms with Gasteiger partial charge in [-0.3, -0.25) is 0 Å². The van der Waals surface area contributed by atoms with E-state index in [0.29, 0.717) is 5.41 Å². The molecule has 0 saturated heterocycles. The molecule has 1 fully saturated rings. The molecule has 2 aliphatic rings. The molecule has 1 saturated carbocycles. The Balaban J connectivity index is 1.96. The van der Waals surface area contributed by atoms with Crippen molar-refractivity contribution in [1.82, 2.24) is 0 Å². The molecular weight excluding hydrogens is 190 g/mol. The molecule has 1 nitrogen and oxygen atoms in total. The number of thioether (sulfide) groups is 1. The van der Waals surface area contributed by atoms with Gasteiger partial charge in [-0.25, -0.2) is 0 Å². The maximum atomic E-state index is 3.60. The third-order valence-electron chi connectivity index (χ3n) is 3.35. The van der Waals surface area contributed by atoms with Gasteiger partial charge in [0, 0.05) is 22.9 Å². The van der Waals surface area contributed by atoms with Gasteiger partial charge in [0.1, 0.15) is 0 Å². The van der Waals surface area contributed by atoms with Crippen molar-refractivity contribution in [3.8, 4) is 0 Å². The van der Waals surface area contributed by atoms with Gasteiger partial charge >= 0.3 is 0 Å². The maximum absolute atomic E-state index is 3.60. The van der Waals surface area contributed by atoms with E-state index in [1.807, 2.05) is 11.8 Å². The first kappa shape index (κ1) is 8.66. The predicted octanol–water partition coefficient (Wildman–Crippen LogP) is 3.29. The van der Waals surface area contributed by atoms with Crippen LogP contribution in [0.5, 0.6) is 0 Å². The summed E-state index contributed by atoms with van der Waals surface area (Å²) < 4.78 is 0. The highest BCUT2D eigenvalue weighted by Gasteiger charge is 2.43. The number of anilines is 1. The molecule has 0 aromatic heterocycles. The lowest BCUT2D eigenvalue weighted by Crippen LogP contribution is -2.15. The Morgan fingerprint density at radius 1 is 1.36 bits per heavy atom. The zero-order valence-corrected chi connectivity index (χ0v) is 9.29. The number of benzene rings is 1. The van der Waals surface area contributed by atoms with Crippen LogP contribution in [-0.4, -0.2) is 12.3 Å². The van der Waals surface area contributed by atoms with E-state index in [9.17, 15) is 0 Å². The van der Waals surface area contributed by atoms with Crippen molar-refractivity contribution in [3.63, 3.8) is 0 Å². The molecule has 0 unspecified atom stereocenters. The predicted molar refractivity (Wildman–Crippen MR) is 62.1 cm³/mol. The zero-order chi connectivity index (χ0) is 9.60. The molecule has 3 rings (SSSR count). The number of hydrogen-bond donors (Lipinski definition) is 1. The van der Waals surface area contributed by atoms with Gasteiger partial charge in [0.15, 0.2) is 0 Å². The van der Waals surface area contributed by atoms with E-state index < -0.39 is 0 Å². The summed E-state index contributed by atoms with van der Waals surface area (Å²) in [6.45, 7) is 3.38. The van der Waals surface area contributed by atoms with Gasteiger partial charge in [0.25, 0.3) is 0 Å². The summed E-state index contributed by atoms with van der Waals surface area (Å²) in [6.07, 6.45) is 2.83. The van der Waals surface area contributed by atoms with Crippen LogP contribution in [0.4, 0.5) is 5.69 Å². The minimum atomic E-state index is 0.635. The molecule has 1 aromatic rings. The molecule has 1 heterocycles. The standard InChI is InChI=1S/C12H15NS/c1-9-3-2-4-10-11(9)14-8-12(5-6-12)7-13-10/h2-4,13H,5-8H2,1H3. The Bertz CT molecular complexity index is 369. The van der Waals surface area contributed by atoms with Gasteiger partial charge in [-0.05, 0) is 36.8 Å². The molecule has 1 aliphatic heterocycles. The third-order valence-corrected chi connectivity index (χ3v) is 4.93. The second-order valence-electron chi connectivity index (χ2n) is 4.59. The average molecular weight is 205 g/mol. The van der Waals surface area contributed by atoms with Crippen molar-refractivity contribution in [1.29, 1.82) is 0 Å². The number of aryl methyl sites for hydroxylation is 1. The first-order chi connectivity index (χ1) is 6.79. The van der Waals surface area contributed by atoms with Gasteiger partial charge in [-0.1, -0.05) is 12.1 Å². The summed E-state index contributed by atoms with van der Waals surface area (Å²) in [4.78, 5) is 1.47. The van der Waals surface area contributed by atoms with E-state index in [2.05, 4.69) is 30.4 Å². The Hall–Kier alpha value is -0.630. The summed E-state index contributed by atoms with van der Waals surface area (Å²) >= 11 is 2.04. The van der Waals surface area contributed by atoms with Crippen molar-refractivity contribution >= 4 is 17.4 Å². The minimum absolute atomic E-state index is 0.635. The van der Waals surface area contributed by atoms with Crippen LogP contribution in [0.25, 0.3) is 0 Å². The third kappa shape index (κ3) is 1.33. The molecule has 1 aromatic carbocycles. The smallest absolute Gasteiger partial charge is 0.0481 e. The zero-order valence-electron chi connectivity index (χ0n) is 8.47. The van der Waals surface area contributed by atoms with Gasteiger partial charge in [0.2, 0.25) is 0 Å². The van der Waals surface area contributed by atoms with E-state index in [0.717, 1.165) is 0 Å².